The van der Waals surface area contributed by atoms with Gasteiger partial charge in [-0.25, -0.2) is 4.79 Å². The summed E-state index contributed by atoms with van der Waals surface area (Å²) in [5.74, 6) is 0. The molecule has 0 saturated carbocycles. The Balaban J connectivity index is 2.56. The Morgan fingerprint density at radius 3 is 2.79 bits per heavy atom. The van der Waals surface area contributed by atoms with Gasteiger partial charge in [0.15, 0.2) is 0 Å². The van der Waals surface area contributed by atoms with E-state index in [4.69, 9.17) is 9.84 Å². The predicted molar refractivity (Wildman–Crippen MR) is 52.7 cm³/mol. The van der Waals surface area contributed by atoms with Gasteiger partial charge in [0.05, 0.1) is 12.6 Å². The molecule has 1 unspecified atom stereocenters. The van der Waals surface area contributed by atoms with Crippen LogP contribution < -0.4 is 0 Å². The van der Waals surface area contributed by atoms with Crippen LogP contribution in [0.1, 0.15) is 27.2 Å². The summed E-state index contributed by atoms with van der Waals surface area (Å²) >= 11 is 0. The Kier molecular flexibility index (Phi) is 3.16. The molecule has 0 radical (unpaired) electrons. The van der Waals surface area contributed by atoms with Gasteiger partial charge in [-0.3, -0.25) is 4.90 Å². The fraction of sp³-hybridized carbons (Fsp3) is 0.700. The third-order valence-corrected chi connectivity index (χ3v) is 1.88. The van der Waals surface area contributed by atoms with Gasteiger partial charge in [-0.1, -0.05) is 6.08 Å². The second-order valence-electron chi connectivity index (χ2n) is 4.34. The Morgan fingerprint density at radius 2 is 2.29 bits per heavy atom. The number of amides is 1. The minimum atomic E-state index is -0.493. The van der Waals surface area contributed by atoms with Crippen molar-refractivity contribution in [3.8, 4) is 0 Å². The number of aliphatic hydroxyl groups is 1. The van der Waals surface area contributed by atoms with Crippen LogP contribution in [0, 0.1) is 0 Å². The van der Waals surface area contributed by atoms with Gasteiger partial charge < -0.3 is 9.84 Å². The molecular weight excluding hydrogens is 182 g/mol. The average Bonchev–Trinajstić information content (AvgIpc) is 2.47. The molecule has 0 aliphatic carbocycles. The molecule has 1 heterocycles. The normalized spacial score (nSPS) is 21.4. The molecule has 4 nitrogen and oxygen atoms in total. The zero-order chi connectivity index (χ0) is 10.8. The van der Waals surface area contributed by atoms with Crippen LogP contribution in [0.3, 0.4) is 0 Å². The van der Waals surface area contributed by atoms with Crippen LogP contribution in [0.25, 0.3) is 0 Å². The molecular formula is C10H17NO3. The molecule has 14 heavy (non-hydrogen) atoms. The first-order valence-electron chi connectivity index (χ1n) is 4.73. The van der Waals surface area contributed by atoms with Crippen LogP contribution >= 0.6 is 0 Å². The first-order valence-corrected chi connectivity index (χ1v) is 4.73. The largest absolute Gasteiger partial charge is 0.443 e. The summed E-state index contributed by atoms with van der Waals surface area (Å²) in [5, 5.41) is 8.99. The van der Waals surface area contributed by atoms with Crippen LogP contribution in [0.2, 0.25) is 0 Å². The highest BCUT2D eigenvalue weighted by molar-refractivity contribution is 5.70. The zero-order valence-electron chi connectivity index (χ0n) is 8.86. The van der Waals surface area contributed by atoms with E-state index in [1.807, 2.05) is 26.8 Å². The molecule has 1 atom stereocenters. The van der Waals surface area contributed by atoms with E-state index in [9.17, 15) is 4.79 Å². The number of carbonyl (C=O) groups is 1. The van der Waals surface area contributed by atoms with Gasteiger partial charge in [-0.2, -0.15) is 0 Å². The van der Waals surface area contributed by atoms with E-state index in [2.05, 4.69) is 0 Å². The number of hydrogen-bond donors (Lipinski definition) is 1. The van der Waals surface area contributed by atoms with E-state index >= 15 is 0 Å². The average molecular weight is 199 g/mol. The highest BCUT2D eigenvalue weighted by Gasteiger charge is 2.28. The zero-order valence-corrected chi connectivity index (χ0v) is 8.86. The summed E-state index contributed by atoms with van der Waals surface area (Å²) in [6.07, 6.45) is 3.81. The molecule has 1 amide bonds. The Bertz CT molecular complexity index is 242. The van der Waals surface area contributed by atoms with Crippen molar-refractivity contribution in [3.63, 3.8) is 0 Å². The predicted octanol–water partition coefficient (Wildman–Crippen LogP) is 1.50. The van der Waals surface area contributed by atoms with Crippen molar-refractivity contribution < 1.29 is 14.6 Å². The molecule has 0 aromatic heterocycles. The summed E-state index contributed by atoms with van der Waals surface area (Å²) in [4.78, 5) is 13.0. The molecule has 0 fully saturated rings. The summed E-state index contributed by atoms with van der Waals surface area (Å²) in [7, 11) is 0. The van der Waals surface area contributed by atoms with E-state index in [-0.39, 0.29) is 12.6 Å². The van der Waals surface area contributed by atoms with Crippen LogP contribution in [-0.4, -0.2) is 34.3 Å². The maximum absolute atomic E-state index is 11.6. The number of nitrogens with zero attached hydrogens (tertiary/aromatic N) is 1. The SMILES string of the molecule is CC(C)(C)OC(=O)N1C=CCC1CO. The topological polar surface area (TPSA) is 49.8 Å². The number of aliphatic hydroxyl groups excluding tert-OH is 1. The van der Waals surface area contributed by atoms with Crippen molar-refractivity contribution in [2.45, 2.75) is 38.8 Å². The lowest BCUT2D eigenvalue weighted by molar-refractivity contribution is 0.0241. The van der Waals surface area contributed by atoms with E-state index < -0.39 is 11.7 Å². The molecule has 4 heteroatoms. The van der Waals surface area contributed by atoms with Gasteiger partial charge in [0, 0.05) is 6.20 Å². The molecule has 1 N–H and O–H groups in total. The first kappa shape index (κ1) is 11.0. The lowest BCUT2D eigenvalue weighted by atomic mass is 10.2. The fourth-order valence-electron chi connectivity index (χ4n) is 1.25. The van der Waals surface area contributed by atoms with Crippen LogP contribution in [-0.2, 0) is 4.74 Å². The number of hydrogen-bond acceptors (Lipinski definition) is 3. The van der Waals surface area contributed by atoms with Gasteiger partial charge in [0.2, 0.25) is 0 Å². The summed E-state index contributed by atoms with van der Waals surface area (Å²) in [6, 6.07) is -0.162. The molecule has 0 aromatic carbocycles. The maximum Gasteiger partial charge on any atom is 0.414 e. The molecule has 80 valence electrons. The van der Waals surface area contributed by atoms with Crippen molar-refractivity contribution in [3.05, 3.63) is 12.3 Å². The van der Waals surface area contributed by atoms with Crippen LogP contribution in [0.4, 0.5) is 4.79 Å². The summed E-state index contributed by atoms with van der Waals surface area (Å²) in [6.45, 7) is 5.42. The minimum absolute atomic E-state index is 0.0355. The standard InChI is InChI=1S/C10H17NO3/c1-10(2,3)14-9(13)11-6-4-5-8(11)7-12/h4,6,8,12H,5,7H2,1-3H3. The highest BCUT2D eigenvalue weighted by Crippen LogP contribution is 2.18. The summed E-state index contributed by atoms with van der Waals surface area (Å²) < 4.78 is 5.18. The lowest BCUT2D eigenvalue weighted by Crippen LogP contribution is -2.39. The van der Waals surface area contributed by atoms with Crippen molar-refractivity contribution >= 4 is 6.09 Å². The monoisotopic (exact) mass is 199 g/mol. The van der Waals surface area contributed by atoms with E-state index in [1.54, 1.807) is 6.20 Å². The molecule has 0 saturated heterocycles. The molecule has 0 aromatic rings. The minimum Gasteiger partial charge on any atom is -0.443 e. The van der Waals surface area contributed by atoms with E-state index in [1.165, 1.54) is 4.90 Å². The Morgan fingerprint density at radius 1 is 1.64 bits per heavy atom. The van der Waals surface area contributed by atoms with E-state index in [0.717, 1.165) is 0 Å². The highest BCUT2D eigenvalue weighted by atomic mass is 16.6. The number of carbonyl (C=O) groups excluding carboxylic acids is 1. The van der Waals surface area contributed by atoms with Gasteiger partial charge in [-0.05, 0) is 27.2 Å². The first-order chi connectivity index (χ1) is 6.44. The molecule has 1 rings (SSSR count). The molecule has 0 bridgehead atoms. The van der Waals surface area contributed by atoms with Crippen LogP contribution in [0.5, 0.6) is 0 Å². The summed E-state index contributed by atoms with van der Waals surface area (Å²) in [5.41, 5.74) is -0.493. The molecule has 1 aliphatic heterocycles. The maximum atomic E-state index is 11.6. The fourth-order valence-corrected chi connectivity index (χ4v) is 1.25. The van der Waals surface area contributed by atoms with Gasteiger partial charge in [-0.15, -0.1) is 0 Å². The number of ether oxygens (including phenoxy) is 1. The smallest absolute Gasteiger partial charge is 0.414 e. The molecule has 1 aliphatic rings. The van der Waals surface area contributed by atoms with Crippen molar-refractivity contribution in [1.29, 1.82) is 0 Å². The third-order valence-electron chi connectivity index (χ3n) is 1.88. The second kappa shape index (κ2) is 4.00. The second-order valence-corrected chi connectivity index (χ2v) is 4.34. The Hall–Kier alpha value is -1.03. The van der Waals surface area contributed by atoms with Crippen molar-refractivity contribution in [2.24, 2.45) is 0 Å². The van der Waals surface area contributed by atoms with Gasteiger partial charge in [0.25, 0.3) is 0 Å². The molecule has 0 spiro atoms. The van der Waals surface area contributed by atoms with Crippen molar-refractivity contribution in [2.75, 3.05) is 6.61 Å². The number of rotatable bonds is 1. The van der Waals surface area contributed by atoms with Gasteiger partial charge in [0.1, 0.15) is 5.60 Å². The van der Waals surface area contributed by atoms with Crippen LogP contribution in [0.15, 0.2) is 12.3 Å². The van der Waals surface area contributed by atoms with Crippen molar-refractivity contribution in [1.82, 2.24) is 4.90 Å². The quantitative estimate of drug-likeness (QED) is 0.696. The third kappa shape index (κ3) is 2.73. The Labute approximate surface area is 84.2 Å². The lowest BCUT2D eigenvalue weighted by Gasteiger charge is -2.26. The van der Waals surface area contributed by atoms with Gasteiger partial charge >= 0.3 is 6.09 Å². The van der Waals surface area contributed by atoms with E-state index in [0.29, 0.717) is 6.42 Å².